The molecule has 4 rings (SSSR count). The van der Waals surface area contributed by atoms with Crippen molar-refractivity contribution < 1.29 is 13.2 Å². The molecular formula is C16H13ClN4O3S. The lowest BCUT2D eigenvalue weighted by Gasteiger charge is -2.16. The summed E-state index contributed by atoms with van der Waals surface area (Å²) in [6.07, 6.45) is 0. The van der Waals surface area contributed by atoms with E-state index >= 15 is 0 Å². The first-order valence-electron chi connectivity index (χ1n) is 7.48. The number of hydrogen-bond donors (Lipinski definition) is 1. The van der Waals surface area contributed by atoms with Gasteiger partial charge < -0.3 is 4.74 Å². The molecule has 0 amide bonds. The van der Waals surface area contributed by atoms with Gasteiger partial charge in [-0.25, -0.2) is 13.1 Å². The van der Waals surface area contributed by atoms with Crippen molar-refractivity contribution >= 4 is 27.4 Å². The lowest BCUT2D eigenvalue weighted by molar-refractivity contribution is 0.483. The Morgan fingerprint density at radius 1 is 1.04 bits per heavy atom. The molecule has 0 radical (unpaired) electrons. The van der Waals surface area contributed by atoms with E-state index in [9.17, 15) is 8.42 Å². The van der Waals surface area contributed by atoms with Gasteiger partial charge in [-0.2, -0.15) is 0 Å². The second-order valence-electron chi connectivity index (χ2n) is 5.51. The fourth-order valence-corrected chi connectivity index (χ4v) is 3.63. The summed E-state index contributed by atoms with van der Waals surface area (Å²) in [6, 6.07) is 14.2. The first-order chi connectivity index (χ1) is 12.0. The molecule has 9 heteroatoms. The van der Waals surface area contributed by atoms with E-state index in [1.165, 1.54) is 0 Å². The van der Waals surface area contributed by atoms with E-state index in [2.05, 4.69) is 15.0 Å². The van der Waals surface area contributed by atoms with Crippen molar-refractivity contribution in [2.24, 2.45) is 0 Å². The van der Waals surface area contributed by atoms with Crippen LogP contribution in [-0.4, -0.2) is 29.2 Å². The maximum absolute atomic E-state index is 11.8. The third-order valence-electron chi connectivity index (χ3n) is 3.74. The molecule has 1 aromatic heterocycles. The average Bonchev–Trinajstić information content (AvgIpc) is 2.99. The number of anilines is 1. The quantitative estimate of drug-likeness (QED) is 0.758. The molecule has 2 heterocycles. The van der Waals surface area contributed by atoms with Gasteiger partial charge in [0.25, 0.3) is 0 Å². The van der Waals surface area contributed by atoms with Crippen molar-refractivity contribution in [3.8, 4) is 22.8 Å². The third kappa shape index (κ3) is 3.31. The summed E-state index contributed by atoms with van der Waals surface area (Å²) in [7, 11) is -3.34. The lowest BCUT2D eigenvalue weighted by Crippen LogP contribution is -2.28. The molecule has 0 spiro atoms. The van der Waals surface area contributed by atoms with Crippen LogP contribution in [0.1, 0.15) is 0 Å². The predicted molar refractivity (Wildman–Crippen MR) is 94.4 cm³/mol. The predicted octanol–water partition coefficient (Wildman–Crippen LogP) is 3.15. The van der Waals surface area contributed by atoms with E-state index in [-0.39, 0.29) is 12.3 Å². The average molecular weight is 377 g/mol. The number of nitrogens with zero attached hydrogens (tertiary/aromatic N) is 3. The summed E-state index contributed by atoms with van der Waals surface area (Å²) in [5.74, 6) is 1.70. The maximum Gasteiger partial charge on any atom is 0.235 e. The molecule has 0 aliphatic carbocycles. The van der Waals surface area contributed by atoms with E-state index in [0.717, 1.165) is 5.56 Å². The summed E-state index contributed by atoms with van der Waals surface area (Å²) >= 11 is 5.85. The van der Waals surface area contributed by atoms with Gasteiger partial charge >= 0.3 is 0 Å². The molecule has 0 unspecified atom stereocenters. The lowest BCUT2D eigenvalue weighted by atomic mass is 10.1. The Morgan fingerprint density at radius 2 is 1.68 bits per heavy atom. The molecule has 2 aromatic carbocycles. The minimum Gasteiger partial charge on any atom is -0.457 e. The number of nitrogens with one attached hydrogen (secondary N) is 1. The van der Waals surface area contributed by atoms with Gasteiger partial charge in [0.05, 0.1) is 12.3 Å². The van der Waals surface area contributed by atoms with Crippen molar-refractivity contribution in [2.45, 2.75) is 6.54 Å². The van der Waals surface area contributed by atoms with E-state index in [4.69, 9.17) is 16.3 Å². The highest BCUT2D eigenvalue weighted by atomic mass is 35.5. The molecule has 1 aliphatic heterocycles. The van der Waals surface area contributed by atoms with Crippen LogP contribution < -0.4 is 9.46 Å². The second-order valence-corrected chi connectivity index (χ2v) is 7.79. The Kier molecular flexibility index (Phi) is 3.85. The van der Waals surface area contributed by atoms with Gasteiger partial charge in [0.1, 0.15) is 17.2 Å². The first-order valence-corrected chi connectivity index (χ1v) is 9.51. The number of sulfonamides is 1. The zero-order valence-corrected chi connectivity index (χ0v) is 14.5. The minimum atomic E-state index is -3.34. The van der Waals surface area contributed by atoms with Crippen LogP contribution in [0.25, 0.3) is 11.3 Å². The number of aromatic nitrogens is 3. The molecule has 0 saturated carbocycles. The highest BCUT2D eigenvalue weighted by Crippen LogP contribution is 2.31. The fraction of sp³-hybridized carbons (Fsp3) is 0.125. The first kappa shape index (κ1) is 15.9. The van der Waals surface area contributed by atoms with Crippen molar-refractivity contribution in [3.05, 3.63) is 53.6 Å². The van der Waals surface area contributed by atoms with Crippen LogP contribution in [0.3, 0.4) is 0 Å². The molecule has 3 aromatic rings. The van der Waals surface area contributed by atoms with Crippen molar-refractivity contribution in [2.75, 3.05) is 10.5 Å². The van der Waals surface area contributed by atoms with Crippen LogP contribution in [0.15, 0.2) is 48.5 Å². The Morgan fingerprint density at radius 3 is 2.36 bits per heavy atom. The minimum absolute atomic E-state index is 0.00330. The van der Waals surface area contributed by atoms with Crippen LogP contribution in [0.5, 0.6) is 11.5 Å². The topological polar surface area (TPSA) is 86.1 Å². The largest absolute Gasteiger partial charge is 0.457 e. The number of benzene rings is 2. The number of rotatable bonds is 3. The molecule has 7 nitrogen and oxygen atoms in total. The van der Waals surface area contributed by atoms with E-state index in [1.807, 2.05) is 0 Å². The molecule has 0 saturated heterocycles. The van der Waals surface area contributed by atoms with Gasteiger partial charge in [-0.05, 0) is 48.5 Å². The number of halogens is 1. The normalized spacial score (nSPS) is 15.2. The van der Waals surface area contributed by atoms with E-state index in [1.54, 1.807) is 53.2 Å². The van der Waals surface area contributed by atoms with Gasteiger partial charge in [0, 0.05) is 10.6 Å². The smallest absolute Gasteiger partial charge is 0.235 e. The third-order valence-corrected chi connectivity index (χ3v) is 5.21. The molecular weight excluding hydrogens is 364 g/mol. The highest BCUT2D eigenvalue weighted by Gasteiger charge is 2.25. The highest BCUT2D eigenvalue weighted by molar-refractivity contribution is 7.92. The standard InChI is InChI=1S/C16H13ClN4O3S/c17-12-3-7-14(8-4-12)24-13-5-1-11(2-6-13)15-16-19-25(22,23)10-9-21(16)20-18-15/h1-8,19H,9-10H2. The van der Waals surface area contributed by atoms with Crippen molar-refractivity contribution in [3.63, 3.8) is 0 Å². The van der Waals surface area contributed by atoms with Gasteiger partial charge in [-0.15, -0.1) is 5.10 Å². The van der Waals surface area contributed by atoms with Crippen molar-refractivity contribution in [1.82, 2.24) is 15.0 Å². The zero-order chi connectivity index (χ0) is 17.4. The van der Waals surface area contributed by atoms with Gasteiger partial charge in [-0.3, -0.25) is 4.72 Å². The molecule has 1 aliphatic rings. The van der Waals surface area contributed by atoms with Crippen LogP contribution in [0.4, 0.5) is 5.82 Å². The van der Waals surface area contributed by atoms with Gasteiger partial charge in [0.2, 0.25) is 10.0 Å². The van der Waals surface area contributed by atoms with Gasteiger partial charge in [-0.1, -0.05) is 16.8 Å². The van der Waals surface area contributed by atoms with Crippen molar-refractivity contribution in [1.29, 1.82) is 0 Å². The summed E-state index contributed by atoms with van der Waals surface area (Å²) in [5, 5.41) is 8.72. The molecule has 0 bridgehead atoms. The molecule has 128 valence electrons. The Hall–Kier alpha value is -2.58. The number of fused-ring (bicyclic) bond motifs is 1. The van der Waals surface area contributed by atoms with E-state index < -0.39 is 10.0 Å². The Bertz CT molecular complexity index is 1010. The monoisotopic (exact) mass is 376 g/mol. The van der Waals surface area contributed by atoms with Gasteiger partial charge in [0.15, 0.2) is 5.82 Å². The summed E-state index contributed by atoms with van der Waals surface area (Å²) < 4.78 is 33.3. The number of ether oxygens (including phenoxy) is 1. The molecule has 25 heavy (non-hydrogen) atoms. The van der Waals surface area contributed by atoms with Crippen LogP contribution in [0, 0.1) is 0 Å². The maximum atomic E-state index is 11.8. The van der Waals surface area contributed by atoms with Crippen LogP contribution in [-0.2, 0) is 16.6 Å². The molecule has 0 atom stereocenters. The Balaban J connectivity index is 1.59. The molecule has 1 N–H and O–H groups in total. The van der Waals surface area contributed by atoms with E-state index in [0.29, 0.717) is 28.0 Å². The second kappa shape index (κ2) is 6.05. The van der Waals surface area contributed by atoms with Crippen LogP contribution >= 0.6 is 11.6 Å². The fourth-order valence-electron chi connectivity index (χ4n) is 2.49. The SMILES string of the molecule is O=S1(=O)CCn2nnc(-c3ccc(Oc4ccc(Cl)cc4)cc3)c2N1. The summed E-state index contributed by atoms with van der Waals surface area (Å²) in [4.78, 5) is 0. The van der Waals surface area contributed by atoms with Crippen LogP contribution in [0.2, 0.25) is 5.02 Å². The zero-order valence-electron chi connectivity index (χ0n) is 12.9. The summed E-state index contributed by atoms with van der Waals surface area (Å²) in [6.45, 7) is 0.287. The number of aryl methyl sites for hydroxylation is 1. The Labute approximate surface area is 149 Å². The molecule has 0 fully saturated rings. The number of hydrogen-bond acceptors (Lipinski definition) is 5. The summed E-state index contributed by atoms with van der Waals surface area (Å²) in [5.41, 5.74) is 1.23.